The summed E-state index contributed by atoms with van der Waals surface area (Å²) in [6, 6.07) is 6.58. The first-order valence-corrected chi connectivity index (χ1v) is 6.44. The Morgan fingerprint density at radius 3 is 2.32 bits per heavy atom. The molecule has 19 heavy (non-hydrogen) atoms. The Labute approximate surface area is 111 Å². The van der Waals surface area contributed by atoms with Crippen LogP contribution in [-0.4, -0.2) is 34.7 Å². The van der Waals surface area contributed by atoms with Crippen molar-refractivity contribution >= 4 is 11.8 Å². The highest BCUT2D eigenvalue weighted by Crippen LogP contribution is 2.22. The van der Waals surface area contributed by atoms with Crippen LogP contribution in [0.5, 0.6) is 0 Å². The number of hydroxylamine groups is 2. The first-order valence-electron chi connectivity index (χ1n) is 6.44. The van der Waals surface area contributed by atoms with Gasteiger partial charge >= 0.3 is 0 Å². The molecular weight excluding hydrogens is 246 g/mol. The highest BCUT2D eigenvalue weighted by molar-refractivity contribution is 6.20. The maximum atomic E-state index is 11.9. The Balaban J connectivity index is 1.97. The van der Waals surface area contributed by atoms with Crippen LogP contribution in [0.3, 0.4) is 0 Å². The molecule has 0 radical (unpaired) electrons. The molecule has 2 rings (SSSR count). The van der Waals surface area contributed by atoms with Gasteiger partial charge in [-0.25, -0.2) is 0 Å². The van der Waals surface area contributed by atoms with Gasteiger partial charge < -0.3 is 5.11 Å². The number of carbonyl (C=O) groups is 2. The van der Waals surface area contributed by atoms with E-state index in [1.807, 2.05) is 6.92 Å². The number of carbonyl (C=O) groups excluding carboxylic acids is 2. The van der Waals surface area contributed by atoms with Gasteiger partial charge in [0, 0.05) is 0 Å². The molecule has 2 amide bonds. The van der Waals surface area contributed by atoms with Crippen molar-refractivity contribution in [1.29, 1.82) is 0 Å². The molecule has 102 valence electrons. The highest BCUT2D eigenvalue weighted by Gasteiger charge is 2.36. The molecule has 0 saturated carbocycles. The first-order chi connectivity index (χ1) is 9.15. The van der Waals surface area contributed by atoms with E-state index in [1.54, 1.807) is 24.3 Å². The third-order valence-electron chi connectivity index (χ3n) is 3.04. The summed E-state index contributed by atoms with van der Waals surface area (Å²) in [7, 11) is 0. The number of nitrogens with zero attached hydrogens (tertiary/aromatic N) is 1. The van der Waals surface area contributed by atoms with Crippen LogP contribution in [0.15, 0.2) is 24.3 Å². The first kappa shape index (κ1) is 13.7. The molecule has 1 N–H and O–H groups in total. The molecule has 0 bridgehead atoms. The molecule has 0 spiro atoms. The molecule has 1 aliphatic rings. The summed E-state index contributed by atoms with van der Waals surface area (Å²) in [4.78, 5) is 29.0. The summed E-state index contributed by atoms with van der Waals surface area (Å²) in [6.07, 6.45) is 1.79. The molecular formula is C14H17NO4. The van der Waals surface area contributed by atoms with E-state index in [1.165, 1.54) is 0 Å². The van der Waals surface area contributed by atoms with Gasteiger partial charge in [0.15, 0.2) is 0 Å². The molecule has 1 aliphatic heterocycles. The predicted molar refractivity (Wildman–Crippen MR) is 68.4 cm³/mol. The molecule has 1 aromatic rings. The minimum Gasteiger partial charge on any atom is -0.391 e. The number of benzene rings is 1. The SMILES string of the molecule is CCCC[C@H](O)CON1C(=O)c2ccccc2C1=O. The van der Waals surface area contributed by atoms with E-state index in [2.05, 4.69) is 0 Å². The summed E-state index contributed by atoms with van der Waals surface area (Å²) >= 11 is 0. The van der Waals surface area contributed by atoms with Crippen LogP contribution < -0.4 is 0 Å². The van der Waals surface area contributed by atoms with Crippen molar-refractivity contribution in [3.8, 4) is 0 Å². The second-order valence-corrected chi connectivity index (χ2v) is 4.54. The van der Waals surface area contributed by atoms with Crippen LogP contribution in [0.25, 0.3) is 0 Å². The Morgan fingerprint density at radius 1 is 1.21 bits per heavy atom. The van der Waals surface area contributed by atoms with Crippen molar-refractivity contribution in [3.05, 3.63) is 35.4 Å². The van der Waals surface area contributed by atoms with Crippen molar-refractivity contribution in [2.75, 3.05) is 6.61 Å². The van der Waals surface area contributed by atoms with E-state index in [0.717, 1.165) is 17.9 Å². The fourth-order valence-electron chi connectivity index (χ4n) is 1.97. The Hall–Kier alpha value is -1.72. The molecule has 1 atom stereocenters. The van der Waals surface area contributed by atoms with Gasteiger partial charge in [0.1, 0.15) is 6.61 Å². The third-order valence-corrected chi connectivity index (χ3v) is 3.04. The van der Waals surface area contributed by atoms with E-state index in [4.69, 9.17) is 4.84 Å². The summed E-state index contributed by atoms with van der Waals surface area (Å²) in [5, 5.41) is 10.4. The Bertz CT molecular complexity index is 451. The van der Waals surface area contributed by atoms with Gasteiger partial charge in [-0.2, -0.15) is 0 Å². The lowest BCUT2D eigenvalue weighted by atomic mass is 10.1. The topological polar surface area (TPSA) is 66.8 Å². The van der Waals surface area contributed by atoms with Gasteiger partial charge in [-0.3, -0.25) is 14.4 Å². The molecule has 1 heterocycles. The number of unbranched alkanes of at least 4 members (excludes halogenated alkanes) is 1. The predicted octanol–water partition coefficient (Wildman–Crippen LogP) is 1.77. The summed E-state index contributed by atoms with van der Waals surface area (Å²) in [5.41, 5.74) is 0.686. The van der Waals surface area contributed by atoms with E-state index in [9.17, 15) is 14.7 Å². The number of imide groups is 1. The zero-order valence-corrected chi connectivity index (χ0v) is 10.8. The lowest BCUT2D eigenvalue weighted by Crippen LogP contribution is -2.33. The molecule has 0 aromatic heterocycles. The van der Waals surface area contributed by atoms with Gasteiger partial charge in [0.2, 0.25) is 0 Å². The molecule has 0 aliphatic carbocycles. The number of hydrogen-bond donors (Lipinski definition) is 1. The van der Waals surface area contributed by atoms with Crippen molar-refractivity contribution < 1.29 is 19.5 Å². The lowest BCUT2D eigenvalue weighted by Gasteiger charge is -2.16. The highest BCUT2D eigenvalue weighted by atomic mass is 16.7. The number of amides is 2. The standard InChI is InChI=1S/C14H17NO4/c1-2-3-6-10(16)9-19-15-13(17)11-7-4-5-8-12(11)14(15)18/h4-5,7-8,10,16H,2-3,6,9H2,1H3/t10-/m0/s1. The van der Waals surface area contributed by atoms with E-state index < -0.39 is 17.9 Å². The smallest absolute Gasteiger partial charge is 0.285 e. The van der Waals surface area contributed by atoms with Crippen LogP contribution in [0.2, 0.25) is 0 Å². The summed E-state index contributed by atoms with van der Waals surface area (Å²) in [6.45, 7) is 1.98. The van der Waals surface area contributed by atoms with Crippen LogP contribution in [-0.2, 0) is 4.84 Å². The van der Waals surface area contributed by atoms with Gasteiger partial charge in [-0.1, -0.05) is 31.9 Å². The van der Waals surface area contributed by atoms with Gasteiger partial charge in [0.25, 0.3) is 11.8 Å². The summed E-state index contributed by atoms with van der Waals surface area (Å²) in [5.74, 6) is -0.938. The Morgan fingerprint density at radius 2 is 1.79 bits per heavy atom. The second-order valence-electron chi connectivity index (χ2n) is 4.54. The van der Waals surface area contributed by atoms with Gasteiger partial charge in [0.05, 0.1) is 17.2 Å². The fraction of sp³-hybridized carbons (Fsp3) is 0.429. The minimum atomic E-state index is -0.663. The average molecular weight is 263 g/mol. The Kier molecular flexibility index (Phi) is 4.29. The van der Waals surface area contributed by atoms with Crippen LogP contribution in [0, 0.1) is 0 Å². The van der Waals surface area contributed by atoms with E-state index in [0.29, 0.717) is 17.5 Å². The number of fused-ring (bicyclic) bond motifs is 1. The molecule has 5 heteroatoms. The monoisotopic (exact) mass is 263 g/mol. The largest absolute Gasteiger partial charge is 0.391 e. The lowest BCUT2D eigenvalue weighted by molar-refractivity contribution is -0.117. The zero-order valence-electron chi connectivity index (χ0n) is 10.8. The summed E-state index contributed by atoms with van der Waals surface area (Å²) < 4.78 is 0. The number of hydrogen-bond acceptors (Lipinski definition) is 4. The maximum Gasteiger partial charge on any atom is 0.285 e. The average Bonchev–Trinajstić information content (AvgIpc) is 2.67. The maximum absolute atomic E-state index is 11.9. The van der Waals surface area contributed by atoms with Gasteiger partial charge in [-0.15, -0.1) is 5.06 Å². The van der Waals surface area contributed by atoms with Crippen LogP contribution in [0.1, 0.15) is 46.9 Å². The van der Waals surface area contributed by atoms with Crippen LogP contribution in [0.4, 0.5) is 0 Å². The number of rotatable bonds is 6. The van der Waals surface area contributed by atoms with Crippen molar-refractivity contribution in [3.63, 3.8) is 0 Å². The van der Waals surface area contributed by atoms with Crippen LogP contribution >= 0.6 is 0 Å². The van der Waals surface area contributed by atoms with E-state index in [-0.39, 0.29) is 6.61 Å². The molecule has 1 aromatic carbocycles. The number of aliphatic hydroxyl groups is 1. The zero-order chi connectivity index (χ0) is 13.8. The molecule has 0 unspecified atom stereocenters. The number of aliphatic hydroxyl groups excluding tert-OH is 1. The van der Waals surface area contributed by atoms with Crippen molar-refractivity contribution in [2.24, 2.45) is 0 Å². The minimum absolute atomic E-state index is 0.0501. The van der Waals surface area contributed by atoms with Gasteiger partial charge in [-0.05, 0) is 18.6 Å². The quantitative estimate of drug-likeness (QED) is 0.794. The fourth-order valence-corrected chi connectivity index (χ4v) is 1.97. The normalized spacial score (nSPS) is 15.8. The molecule has 5 nitrogen and oxygen atoms in total. The molecule has 0 saturated heterocycles. The van der Waals surface area contributed by atoms with Crippen molar-refractivity contribution in [1.82, 2.24) is 5.06 Å². The second kappa shape index (κ2) is 5.95. The third kappa shape index (κ3) is 2.83. The van der Waals surface area contributed by atoms with E-state index >= 15 is 0 Å². The van der Waals surface area contributed by atoms with Crippen molar-refractivity contribution in [2.45, 2.75) is 32.3 Å². The molecule has 0 fully saturated rings.